The van der Waals surface area contributed by atoms with Gasteiger partial charge in [-0.2, -0.15) is 5.10 Å². The molecule has 1 fully saturated rings. The summed E-state index contributed by atoms with van der Waals surface area (Å²) in [5.74, 6) is 0.574. The topological polar surface area (TPSA) is 72.9 Å². The Hall–Kier alpha value is -1.36. The zero-order chi connectivity index (χ0) is 14.5. The van der Waals surface area contributed by atoms with Crippen molar-refractivity contribution in [2.24, 2.45) is 18.7 Å². The van der Waals surface area contributed by atoms with Crippen LogP contribution in [0.1, 0.15) is 57.1 Å². The van der Waals surface area contributed by atoms with Crippen molar-refractivity contribution >= 4 is 5.91 Å². The molecule has 1 amide bonds. The maximum atomic E-state index is 12.1. The molecule has 2 unspecified atom stereocenters. The van der Waals surface area contributed by atoms with Crippen molar-refractivity contribution in [2.45, 2.75) is 57.5 Å². The molecule has 20 heavy (non-hydrogen) atoms. The number of amides is 1. The lowest BCUT2D eigenvalue weighted by Gasteiger charge is -2.24. The highest BCUT2D eigenvalue weighted by atomic mass is 16.2. The molecule has 112 valence electrons. The highest BCUT2D eigenvalue weighted by Gasteiger charge is 2.22. The van der Waals surface area contributed by atoms with Crippen LogP contribution >= 0.6 is 0 Å². The Morgan fingerprint density at radius 2 is 2.20 bits per heavy atom. The summed E-state index contributed by atoms with van der Waals surface area (Å²) >= 11 is 0. The number of nitrogens with one attached hydrogen (secondary N) is 1. The first-order valence-corrected chi connectivity index (χ1v) is 7.60. The van der Waals surface area contributed by atoms with Crippen molar-refractivity contribution in [1.29, 1.82) is 0 Å². The second kappa shape index (κ2) is 6.88. The molecule has 2 atom stereocenters. The minimum Gasteiger partial charge on any atom is -0.348 e. The summed E-state index contributed by atoms with van der Waals surface area (Å²) in [6, 6.07) is -0.439. The summed E-state index contributed by atoms with van der Waals surface area (Å²) in [4.78, 5) is 12.1. The van der Waals surface area contributed by atoms with Crippen molar-refractivity contribution in [1.82, 2.24) is 15.1 Å². The van der Waals surface area contributed by atoms with Gasteiger partial charge >= 0.3 is 0 Å². The van der Waals surface area contributed by atoms with Gasteiger partial charge in [0.1, 0.15) is 0 Å². The Kier molecular flexibility index (Phi) is 5.17. The Balaban J connectivity index is 1.81. The second-order valence-corrected chi connectivity index (χ2v) is 6.02. The zero-order valence-corrected chi connectivity index (χ0v) is 12.5. The Labute approximate surface area is 120 Å². The number of carbonyl (C=O) groups is 1. The molecule has 1 aliphatic rings. The van der Waals surface area contributed by atoms with Crippen LogP contribution in [0.2, 0.25) is 0 Å². The molecule has 3 N–H and O–H groups in total. The number of aryl methyl sites for hydroxylation is 1. The molecular weight excluding hydrogens is 252 g/mol. The highest BCUT2D eigenvalue weighted by Crippen LogP contribution is 2.27. The molecule has 1 aliphatic carbocycles. The molecule has 0 aromatic carbocycles. The number of nitrogens with two attached hydrogens (primary N) is 1. The van der Waals surface area contributed by atoms with Crippen LogP contribution in [0.3, 0.4) is 0 Å². The number of hydrogen-bond donors (Lipinski definition) is 2. The maximum Gasteiger partial charge on any atom is 0.237 e. The second-order valence-electron chi connectivity index (χ2n) is 6.02. The largest absolute Gasteiger partial charge is 0.348 e. The molecule has 1 aromatic heterocycles. The number of aromatic nitrogens is 2. The molecule has 0 radical (unpaired) electrons. The zero-order valence-electron chi connectivity index (χ0n) is 12.5. The third-order valence-electron chi connectivity index (χ3n) is 4.23. The van der Waals surface area contributed by atoms with Gasteiger partial charge in [0, 0.05) is 18.8 Å². The van der Waals surface area contributed by atoms with Crippen LogP contribution in [0.5, 0.6) is 0 Å². The summed E-state index contributed by atoms with van der Waals surface area (Å²) in [7, 11) is 1.87. The molecule has 2 rings (SSSR count). The summed E-state index contributed by atoms with van der Waals surface area (Å²) < 4.78 is 1.74. The first-order chi connectivity index (χ1) is 9.56. The fourth-order valence-electron chi connectivity index (χ4n) is 2.96. The van der Waals surface area contributed by atoms with Crippen LogP contribution in [-0.2, 0) is 11.8 Å². The minimum absolute atomic E-state index is 0.0476. The average Bonchev–Trinajstić information content (AvgIpc) is 2.86. The summed E-state index contributed by atoms with van der Waals surface area (Å²) in [6.07, 6.45) is 10.8. The Morgan fingerprint density at radius 1 is 1.50 bits per heavy atom. The van der Waals surface area contributed by atoms with Gasteiger partial charge in [-0.15, -0.1) is 0 Å². The summed E-state index contributed by atoms with van der Waals surface area (Å²) in [6.45, 7) is 1.96. The van der Waals surface area contributed by atoms with Crippen LogP contribution in [0.25, 0.3) is 0 Å². The first kappa shape index (κ1) is 15.0. The average molecular weight is 278 g/mol. The lowest BCUT2D eigenvalue weighted by molar-refractivity contribution is -0.123. The van der Waals surface area contributed by atoms with Gasteiger partial charge < -0.3 is 11.1 Å². The molecule has 1 aromatic rings. The van der Waals surface area contributed by atoms with E-state index in [-0.39, 0.29) is 11.9 Å². The lowest BCUT2D eigenvalue weighted by Crippen LogP contribution is -2.42. The van der Waals surface area contributed by atoms with E-state index in [2.05, 4.69) is 10.4 Å². The van der Waals surface area contributed by atoms with E-state index in [1.807, 2.05) is 20.2 Å². The third-order valence-corrected chi connectivity index (χ3v) is 4.23. The van der Waals surface area contributed by atoms with Gasteiger partial charge in [-0.3, -0.25) is 9.48 Å². The van der Waals surface area contributed by atoms with Crippen molar-refractivity contribution < 1.29 is 4.79 Å². The van der Waals surface area contributed by atoms with Crippen molar-refractivity contribution in [3.63, 3.8) is 0 Å². The monoisotopic (exact) mass is 278 g/mol. The molecule has 0 spiro atoms. The number of carbonyl (C=O) groups excluding carboxylic acids is 1. The quantitative estimate of drug-likeness (QED) is 0.864. The fraction of sp³-hybridized carbons (Fsp3) is 0.733. The number of hydrogen-bond acceptors (Lipinski definition) is 3. The fourth-order valence-corrected chi connectivity index (χ4v) is 2.96. The van der Waals surface area contributed by atoms with E-state index in [0.717, 1.165) is 12.0 Å². The predicted octanol–water partition coefficient (Wildman–Crippen LogP) is 1.89. The standard InChI is InChI=1S/C15H26N4O/c1-11(13-9-17-19(2)10-13)18-15(20)14(16)8-12-6-4-3-5-7-12/h9-12,14H,3-8,16H2,1-2H3,(H,18,20). The number of rotatable bonds is 5. The highest BCUT2D eigenvalue weighted by molar-refractivity contribution is 5.81. The summed E-state index contributed by atoms with van der Waals surface area (Å²) in [5, 5.41) is 7.10. The lowest BCUT2D eigenvalue weighted by atomic mass is 9.85. The van der Waals surface area contributed by atoms with Crippen LogP contribution < -0.4 is 11.1 Å². The van der Waals surface area contributed by atoms with Crippen LogP contribution in [0, 0.1) is 5.92 Å². The molecular formula is C15H26N4O. The predicted molar refractivity (Wildman–Crippen MR) is 78.9 cm³/mol. The van der Waals surface area contributed by atoms with Gasteiger partial charge in [0.25, 0.3) is 0 Å². The summed E-state index contributed by atoms with van der Waals surface area (Å²) in [5.41, 5.74) is 7.05. The first-order valence-electron chi connectivity index (χ1n) is 7.60. The molecule has 0 bridgehead atoms. The molecule has 1 heterocycles. The van der Waals surface area contributed by atoms with Crippen molar-refractivity contribution in [2.75, 3.05) is 0 Å². The normalized spacial score (nSPS) is 19.6. The van der Waals surface area contributed by atoms with Crippen LogP contribution in [0.4, 0.5) is 0 Å². The van der Waals surface area contributed by atoms with Gasteiger partial charge in [0.2, 0.25) is 5.91 Å². The Bertz CT molecular complexity index is 437. The van der Waals surface area contributed by atoms with E-state index in [1.165, 1.54) is 32.1 Å². The van der Waals surface area contributed by atoms with E-state index >= 15 is 0 Å². The van der Waals surface area contributed by atoms with Crippen LogP contribution in [0.15, 0.2) is 12.4 Å². The van der Waals surface area contributed by atoms with Gasteiger partial charge in [-0.05, 0) is 19.3 Å². The van der Waals surface area contributed by atoms with Crippen molar-refractivity contribution in [3.05, 3.63) is 18.0 Å². The van der Waals surface area contributed by atoms with E-state index in [9.17, 15) is 4.79 Å². The Morgan fingerprint density at radius 3 is 2.80 bits per heavy atom. The van der Waals surface area contributed by atoms with E-state index in [0.29, 0.717) is 5.92 Å². The van der Waals surface area contributed by atoms with Gasteiger partial charge in [-0.1, -0.05) is 32.1 Å². The van der Waals surface area contributed by atoms with E-state index in [4.69, 9.17) is 5.73 Å². The minimum atomic E-state index is -0.391. The van der Waals surface area contributed by atoms with Gasteiger partial charge in [0.15, 0.2) is 0 Å². The maximum absolute atomic E-state index is 12.1. The molecule has 5 heteroatoms. The van der Waals surface area contributed by atoms with E-state index < -0.39 is 6.04 Å². The molecule has 0 saturated heterocycles. The van der Waals surface area contributed by atoms with E-state index in [1.54, 1.807) is 10.9 Å². The van der Waals surface area contributed by atoms with Crippen LogP contribution in [-0.4, -0.2) is 21.7 Å². The van der Waals surface area contributed by atoms with Gasteiger partial charge in [0.05, 0.1) is 18.3 Å². The van der Waals surface area contributed by atoms with Crippen molar-refractivity contribution in [3.8, 4) is 0 Å². The SMILES string of the molecule is CC(NC(=O)C(N)CC1CCCCC1)c1cnn(C)c1. The molecule has 5 nitrogen and oxygen atoms in total. The third kappa shape index (κ3) is 4.07. The molecule has 0 aliphatic heterocycles. The smallest absolute Gasteiger partial charge is 0.237 e. The number of nitrogens with zero attached hydrogens (tertiary/aromatic N) is 2. The molecule has 1 saturated carbocycles. The van der Waals surface area contributed by atoms with Gasteiger partial charge in [-0.25, -0.2) is 0 Å².